The Labute approximate surface area is 185 Å². The van der Waals surface area contributed by atoms with Gasteiger partial charge in [0.15, 0.2) is 6.61 Å². The number of carbonyl (C=O) groups is 2. The van der Waals surface area contributed by atoms with E-state index in [1.807, 2.05) is 60.7 Å². The van der Waals surface area contributed by atoms with E-state index in [2.05, 4.69) is 15.3 Å². The van der Waals surface area contributed by atoms with Gasteiger partial charge in [-0.3, -0.25) is 9.59 Å². The number of nitrogens with zero attached hydrogens (tertiary/aromatic N) is 2. The molecule has 5 rings (SSSR count). The average Bonchev–Trinajstić information content (AvgIpc) is 3.44. The molecule has 0 unspecified atom stereocenters. The van der Waals surface area contributed by atoms with Crippen LogP contribution in [0.5, 0.6) is 5.75 Å². The first-order valence-corrected chi connectivity index (χ1v) is 10.5. The van der Waals surface area contributed by atoms with Gasteiger partial charge in [0.25, 0.3) is 5.91 Å². The lowest BCUT2D eigenvalue weighted by atomic mass is 10.1. The molecular formula is C25H22N4O3. The third kappa shape index (κ3) is 4.05. The van der Waals surface area contributed by atoms with Gasteiger partial charge >= 0.3 is 0 Å². The Hall–Kier alpha value is -4.13. The topological polar surface area (TPSA) is 87.3 Å². The quantitative estimate of drug-likeness (QED) is 0.479. The van der Waals surface area contributed by atoms with Crippen LogP contribution in [0.4, 0.5) is 11.4 Å². The summed E-state index contributed by atoms with van der Waals surface area (Å²) in [6, 6.07) is 22.6. The van der Waals surface area contributed by atoms with Crippen molar-refractivity contribution in [3.05, 3.63) is 72.8 Å². The zero-order chi connectivity index (χ0) is 21.9. The maximum atomic E-state index is 12.6. The van der Waals surface area contributed by atoms with Crippen LogP contribution in [0.3, 0.4) is 0 Å². The number of aromatic nitrogens is 2. The van der Waals surface area contributed by atoms with Crippen LogP contribution in [0.2, 0.25) is 0 Å². The number of hydrogen-bond donors (Lipinski definition) is 2. The fraction of sp³-hybridized carbons (Fsp3) is 0.160. The van der Waals surface area contributed by atoms with Crippen molar-refractivity contribution in [2.75, 3.05) is 23.4 Å². The molecule has 0 spiro atoms. The Bertz CT molecular complexity index is 1260. The summed E-state index contributed by atoms with van der Waals surface area (Å²) in [6.07, 6.45) is 1.43. The van der Waals surface area contributed by atoms with Crippen molar-refractivity contribution >= 4 is 34.2 Å². The number of benzene rings is 3. The zero-order valence-electron chi connectivity index (χ0n) is 17.4. The van der Waals surface area contributed by atoms with Crippen LogP contribution in [0.15, 0.2) is 72.8 Å². The van der Waals surface area contributed by atoms with E-state index in [-0.39, 0.29) is 18.4 Å². The molecule has 0 aliphatic carbocycles. The van der Waals surface area contributed by atoms with Gasteiger partial charge in [0.05, 0.1) is 16.7 Å². The molecule has 0 bridgehead atoms. The molecule has 2 amide bonds. The summed E-state index contributed by atoms with van der Waals surface area (Å²) >= 11 is 0. The summed E-state index contributed by atoms with van der Waals surface area (Å²) < 4.78 is 5.70. The van der Waals surface area contributed by atoms with E-state index in [4.69, 9.17) is 4.74 Å². The predicted molar refractivity (Wildman–Crippen MR) is 124 cm³/mol. The molecule has 7 nitrogen and oxygen atoms in total. The third-order valence-corrected chi connectivity index (χ3v) is 5.42. The van der Waals surface area contributed by atoms with Crippen molar-refractivity contribution < 1.29 is 14.3 Å². The summed E-state index contributed by atoms with van der Waals surface area (Å²) in [4.78, 5) is 34.2. The highest BCUT2D eigenvalue weighted by molar-refractivity contribution is 5.97. The van der Waals surface area contributed by atoms with Crippen molar-refractivity contribution in [2.24, 2.45) is 0 Å². The monoisotopic (exact) mass is 426 g/mol. The minimum atomic E-state index is -0.281. The number of rotatable bonds is 6. The van der Waals surface area contributed by atoms with E-state index in [1.165, 1.54) is 0 Å². The van der Waals surface area contributed by atoms with Gasteiger partial charge in [0.2, 0.25) is 5.91 Å². The van der Waals surface area contributed by atoms with Crippen LogP contribution < -0.4 is 15.0 Å². The van der Waals surface area contributed by atoms with E-state index in [1.54, 1.807) is 17.0 Å². The van der Waals surface area contributed by atoms with Crippen LogP contribution in [0.25, 0.3) is 22.4 Å². The fourth-order valence-corrected chi connectivity index (χ4v) is 3.88. The highest BCUT2D eigenvalue weighted by Crippen LogP contribution is 2.28. The lowest BCUT2D eigenvalue weighted by molar-refractivity contribution is -0.118. The summed E-state index contributed by atoms with van der Waals surface area (Å²) in [5, 5.41) is 2.91. The van der Waals surface area contributed by atoms with Gasteiger partial charge in [0, 0.05) is 30.3 Å². The van der Waals surface area contributed by atoms with E-state index >= 15 is 0 Å². The van der Waals surface area contributed by atoms with E-state index in [9.17, 15) is 9.59 Å². The molecular weight excluding hydrogens is 404 g/mol. The van der Waals surface area contributed by atoms with Crippen molar-refractivity contribution in [2.45, 2.75) is 12.8 Å². The summed E-state index contributed by atoms with van der Waals surface area (Å²) in [5.74, 6) is 1.06. The molecule has 32 heavy (non-hydrogen) atoms. The van der Waals surface area contributed by atoms with E-state index in [0.717, 1.165) is 28.7 Å². The molecule has 1 fully saturated rings. The van der Waals surface area contributed by atoms with Crippen LogP contribution in [-0.4, -0.2) is 34.9 Å². The largest absolute Gasteiger partial charge is 0.484 e. The Morgan fingerprint density at radius 2 is 1.91 bits per heavy atom. The number of H-pyrrole nitrogens is 1. The van der Waals surface area contributed by atoms with Crippen molar-refractivity contribution in [1.29, 1.82) is 0 Å². The molecule has 2 heterocycles. The van der Waals surface area contributed by atoms with Crippen LogP contribution in [0, 0.1) is 0 Å². The Kier molecular flexibility index (Phi) is 5.29. The molecule has 0 radical (unpaired) electrons. The van der Waals surface area contributed by atoms with Gasteiger partial charge < -0.3 is 19.9 Å². The molecule has 7 heteroatoms. The predicted octanol–water partition coefficient (Wildman–Crippen LogP) is 4.37. The second-order valence-corrected chi connectivity index (χ2v) is 7.63. The fourth-order valence-electron chi connectivity index (χ4n) is 3.88. The maximum absolute atomic E-state index is 12.6. The summed E-state index contributed by atoms with van der Waals surface area (Å²) in [5.41, 5.74) is 4.04. The number of fused-ring (bicyclic) bond motifs is 1. The van der Waals surface area contributed by atoms with Crippen LogP contribution in [-0.2, 0) is 9.59 Å². The van der Waals surface area contributed by atoms with Gasteiger partial charge in [-0.2, -0.15) is 0 Å². The zero-order valence-corrected chi connectivity index (χ0v) is 17.4. The normalized spacial score (nSPS) is 13.5. The maximum Gasteiger partial charge on any atom is 0.262 e. The lowest BCUT2D eigenvalue weighted by Gasteiger charge is -2.16. The second-order valence-electron chi connectivity index (χ2n) is 7.63. The van der Waals surface area contributed by atoms with Crippen molar-refractivity contribution in [1.82, 2.24) is 9.97 Å². The number of nitrogens with one attached hydrogen (secondary N) is 2. The van der Waals surface area contributed by atoms with Crippen LogP contribution in [0.1, 0.15) is 12.8 Å². The van der Waals surface area contributed by atoms with E-state index < -0.39 is 0 Å². The minimum Gasteiger partial charge on any atom is -0.484 e. The van der Waals surface area contributed by atoms with Gasteiger partial charge in [0.1, 0.15) is 11.6 Å². The first-order chi connectivity index (χ1) is 15.7. The van der Waals surface area contributed by atoms with E-state index in [0.29, 0.717) is 30.2 Å². The Morgan fingerprint density at radius 3 is 2.75 bits per heavy atom. The van der Waals surface area contributed by atoms with Crippen molar-refractivity contribution in [3.63, 3.8) is 0 Å². The van der Waals surface area contributed by atoms with Crippen molar-refractivity contribution in [3.8, 4) is 17.1 Å². The molecule has 0 atom stereocenters. The lowest BCUT2D eigenvalue weighted by Crippen LogP contribution is -2.24. The molecule has 3 aromatic carbocycles. The molecule has 1 aliphatic rings. The smallest absolute Gasteiger partial charge is 0.262 e. The molecule has 1 saturated heterocycles. The first-order valence-electron chi connectivity index (χ1n) is 10.5. The number of anilines is 2. The number of para-hydroxylation sites is 3. The molecule has 160 valence electrons. The average molecular weight is 426 g/mol. The highest BCUT2D eigenvalue weighted by atomic mass is 16.5. The third-order valence-electron chi connectivity index (χ3n) is 5.42. The van der Waals surface area contributed by atoms with Crippen LogP contribution >= 0.6 is 0 Å². The summed E-state index contributed by atoms with van der Waals surface area (Å²) in [7, 11) is 0. The first kappa shape index (κ1) is 19.8. The standard InChI is InChI=1S/C25H22N4O3/c30-23(16-32-18-8-5-7-17(15-18)29-14-6-13-24(29)31)26-20-10-2-1-9-19(20)25-27-21-11-3-4-12-22(21)28-25/h1-5,7-12,15H,6,13-14,16H2,(H,26,30)(H,27,28). The number of hydrogen-bond acceptors (Lipinski definition) is 4. The van der Waals surface area contributed by atoms with Gasteiger partial charge in [-0.25, -0.2) is 4.98 Å². The number of imidazole rings is 1. The highest BCUT2D eigenvalue weighted by Gasteiger charge is 2.22. The minimum absolute atomic E-state index is 0.113. The number of carbonyl (C=O) groups excluding carboxylic acids is 2. The molecule has 1 aromatic heterocycles. The number of amides is 2. The summed E-state index contributed by atoms with van der Waals surface area (Å²) in [6.45, 7) is 0.563. The molecule has 2 N–H and O–H groups in total. The molecule has 1 aliphatic heterocycles. The second kappa shape index (κ2) is 8.55. The Balaban J connectivity index is 1.28. The Morgan fingerprint density at radius 1 is 1.06 bits per heavy atom. The SMILES string of the molecule is O=C(COc1cccc(N2CCCC2=O)c1)Nc1ccccc1-c1nc2ccccc2[nH]1. The number of aromatic amines is 1. The van der Waals surface area contributed by atoms with Gasteiger partial charge in [-0.1, -0.05) is 30.3 Å². The molecule has 0 saturated carbocycles. The number of ether oxygens (including phenoxy) is 1. The molecule has 4 aromatic rings. The van der Waals surface area contributed by atoms with Gasteiger partial charge in [-0.15, -0.1) is 0 Å². The van der Waals surface area contributed by atoms with Gasteiger partial charge in [-0.05, 0) is 42.8 Å².